The SMILES string of the molecule is O=[N+]([O-])c1ccc(CNc2c(Br)cccc2Br)cc1. The molecule has 0 unspecified atom stereocenters. The number of non-ortho nitro benzene ring substituents is 1. The van der Waals surface area contributed by atoms with Crippen LogP contribution in [-0.4, -0.2) is 4.92 Å². The van der Waals surface area contributed by atoms with Crippen molar-refractivity contribution in [3.05, 3.63) is 67.1 Å². The number of anilines is 1. The number of para-hydroxylation sites is 1. The molecule has 0 radical (unpaired) electrons. The second-order valence-corrected chi connectivity index (χ2v) is 5.58. The van der Waals surface area contributed by atoms with Gasteiger partial charge in [0.15, 0.2) is 0 Å². The van der Waals surface area contributed by atoms with Gasteiger partial charge in [-0.15, -0.1) is 0 Å². The summed E-state index contributed by atoms with van der Waals surface area (Å²) in [6.45, 7) is 0.596. The molecule has 19 heavy (non-hydrogen) atoms. The fourth-order valence-corrected chi connectivity index (χ4v) is 2.87. The van der Waals surface area contributed by atoms with Gasteiger partial charge < -0.3 is 5.32 Å². The first-order valence-electron chi connectivity index (χ1n) is 5.49. The van der Waals surface area contributed by atoms with Crippen LogP contribution in [0.2, 0.25) is 0 Å². The van der Waals surface area contributed by atoms with Crippen molar-refractivity contribution in [2.75, 3.05) is 5.32 Å². The summed E-state index contributed by atoms with van der Waals surface area (Å²) in [6, 6.07) is 12.3. The van der Waals surface area contributed by atoms with Gasteiger partial charge in [0, 0.05) is 27.6 Å². The third-order valence-electron chi connectivity index (χ3n) is 2.58. The van der Waals surface area contributed by atoms with Gasteiger partial charge in [-0.05, 0) is 49.6 Å². The van der Waals surface area contributed by atoms with E-state index in [1.165, 1.54) is 12.1 Å². The Hall–Kier alpha value is -1.40. The number of nitrogens with one attached hydrogen (secondary N) is 1. The molecular formula is C13H10Br2N2O2. The summed E-state index contributed by atoms with van der Waals surface area (Å²) in [7, 11) is 0. The lowest BCUT2D eigenvalue weighted by atomic mass is 10.2. The fourth-order valence-electron chi connectivity index (χ4n) is 1.59. The molecule has 0 aliphatic rings. The van der Waals surface area contributed by atoms with Crippen molar-refractivity contribution in [3.63, 3.8) is 0 Å². The average Bonchev–Trinajstić information content (AvgIpc) is 2.38. The van der Waals surface area contributed by atoms with Crippen LogP contribution in [0.15, 0.2) is 51.4 Å². The second-order valence-electron chi connectivity index (χ2n) is 3.87. The monoisotopic (exact) mass is 384 g/mol. The van der Waals surface area contributed by atoms with E-state index >= 15 is 0 Å². The molecule has 0 aromatic heterocycles. The summed E-state index contributed by atoms with van der Waals surface area (Å²) >= 11 is 6.94. The van der Waals surface area contributed by atoms with Crippen LogP contribution in [0.25, 0.3) is 0 Å². The molecule has 6 heteroatoms. The quantitative estimate of drug-likeness (QED) is 0.611. The van der Waals surface area contributed by atoms with E-state index < -0.39 is 4.92 Å². The number of hydrogen-bond acceptors (Lipinski definition) is 3. The van der Waals surface area contributed by atoms with E-state index in [0.717, 1.165) is 20.2 Å². The zero-order valence-corrected chi connectivity index (χ0v) is 12.9. The standard InChI is InChI=1S/C13H10Br2N2O2/c14-11-2-1-3-12(15)13(11)16-8-9-4-6-10(7-5-9)17(18)19/h1-7,16H,8H2. The smallest absolute Gasteiger partial charge is 0.269 e. The summed E-state index contributed by atoms with van der Waals surface area (Å²) < 4.78 is 1.92. The maximum atomic E-state index is 10.6. The Morgan fingerprint density at radius 2 is 1.63 bits per heavy atom. The highest BCUT2D eigenvalue weighted by molar-refractivity contribution is 9.11. The minimum Gasteiger partial charge on any atom is -0.379 e. The molecule has 0 aliphatic heterocycles. The Morgan fingerprint density at radius 3 is 2.16 bits per heavy atom. The zero-order chi connectivity index (χ0) is 13.8. The Kier molecular flexibility index (Phi) is 4.55. The van der Waals surface area contributed by atoms with Gasteiger partial charge in [0.1, 0.15) is 0 Å². The van der Waals surface area contributed by atoms with Crippen LogP contribution in [0.5, 0.6) is 0 Å². The van der Waals surface area contributed by atoms with Gasteiger partial charge in [0.2, 0.25) is 0 Å². The van der Waals surface area contributed by atoms with Crippen molar-refractivity contribution in [2.45, 2.75) is 6.54 Å². The van der Waals surface area contributed by atoms with Gasteiger partial charge >= 0.3 is 0 Å². The van der Waals surface area contributed by atoms with Gasteiger partial charge in [-0.2, -0.15) is 0 Å². The molecule has 0 aliphatic carbocycles. The molecule has 1 N–H and O–H groups in total. The van der Waals surface area contributed by atoms with Crippen molar-refractivity contribution < 1.29 is 4.92 Å². The van der Waals surface area contributed by atoms with Gasteiger partial charge in [-0.25, -0.2) is 0 Å². The topological polar surface area (TPSA) is 55.2 Å². The maximum Gasteiger partial charge on any atom is 0.269 e. The van der Waals surface area contributed by atoms with E-state index in [-0.39, 0.29) is 5.69 Å². The number of nitro benzene ring substituents is 1. The molecule has 2 rings (SSSR count). The molecule has 0 heterocycles. The highest BCUT2D eigenvalue weighted by Gasteiger charge is 2.06. The van der Waals surface area contributed by atoms with Crippen LogP contribution < -0.4 is 5.32 Å². The maximum absolute atomic E-state index is 10.6. The van der Waals surface area contributed by atoms with E-state index in [1.54, 1.807) is 12.1 Å². The Bertz CT molecular complexity index is 580. The van der Waals surface area contributed by atoms with Crippen LogP contribution in [0, 0.1) is 10.1 Å². The zero-order valence-electron chi connectivity index (χ0n) is 9.77. The first kappa shape index (κ1) is 14.0. The van der Waals surface area contributed by atoms with E-state index in [4.69, 9.17) is 0 Å². The molecule has 0 spiro atoms. The lowest BCUT2D eigenvalue weighted by molar-refractivity contribution is -0.384. The van der Waals surface area contributed by atoms with Crippen LogP contribution in [0.1, 0.15) is 5.56 Å². The van der Waals surface area contributed by atoms with Crippen molar-refractivity contribution in [1.82, 2.24) is 0 Å². The first-order chi connectivity index (χ1) is 9.08. The number of benzene rings is 2. The lowest BCUT2D eigenvalue weighted by Gasteiger charge is -2.10. The second kappa shape index (κ2) is 6.16. The Balaban J connectivity index is 2.08. The number of halogens is 2. The molecule has 98 valence electrons. The molecule has 0 atom stereocenters. The molecule has 2 aromatic carbocycles. The molecule has 0 amide bonds. The Labute approximate surface area is 127 Å². The average molecular weight is 386 g/mol. The van der Waals surface area contributed by atoms with E-state index in [9.17, 15) is 10.1 Å². The number of rotatable bonds is 4. The highest BCUT2D eigenvalue weighted by atomic mass is 79.9. The van der Waals surface area contributed by atoms with Crippen LogP contribution in [-0.2, 0) is 6.54 Å². The minimum atomic E-state index is -0.401. The third kappa shape index (κ3) is 3.54. The fraction of sp³-hybridized carbons (Fsp3) is 0.0769. The van der Waals surface area contributed by atoms with Crippen LogP contribution in [0.4, 0.5) is 11.4 Å². The summed E-state index contributed by atoms with van der Waals surface area (Å²) in [6.07, 6.45) is 0. The number of hydrogen-bond donors (Lipinski definition) is 1. The van der Waals surface area contributed by atoms with E-state index in [2.05, 4.69) is 37.2 Å². The summed E-state index contributed by atoms with van der Waals surface area (Å²) in [5.41, 5.74) is 2.04. The third-order valence-corrected chi connectivity index (χ3v) is 3.90. The van der Waals surface area contributed by atoms with Crippen molar-refractivity contribution in [2.24, 2.45) is 0 Å². The van der Waals surface area contributed by atoms with E-state index in [1.807, 2.05) is 18.2 Å². The summed E-state index contributed by atoms with van der Waals surface area (Å²) in [5.74, 6) is 0. The molecule has 0 saturated heterocycles. The van der Waals surface area contributed by atoms with Gasteiger partial charge in [-0.3, -0.25) is 10.1 Å². The molecular weight excluding hydrogens is 376 g/mol. The highest BCUT2D eigenvalue weighted by Crippen LogP contribution is 2.30. The lowest BCUT2D eigenvalue weighted by Crippen LogP contribution is -2.01. The molecule has 2 aromatic rings. The van der Waals surface area contributed by atoms with Crippen molar-refractivity contribution in [3.8, 4) is 0 Å². The normalized spacial score (nSPS) is 10.2. The van der Waals surface area contributed by atoms with Gasteiger partial charge in [0.05, 0.1) is 10.6 Å². The number of nitro groups is 1. The summed E-state index contributed by atoms with van der Waals surface area (Å²) in [5, 5.41) is 13.8. The van der Waals surface area contributed by atoms with Gasteiger partial charge in [0.25, 0.3) is 5.69 Å². The van der Waals surface area contributed by atoms with Crippen molar-refractivity contribution in [1.29, 1.82) is 0 Å². The van der Waals surface area contributed by atoms with E-state index in [0.29, 0.717) is 6.54 Å². The van der Waals surface area contributed by atoms with Crippen LogP contribution in [0.3, 0.4) is 0 Å². The molecule has 4 nitrogen and oxygen atoms in total. The minimum absolute atomic E-state index is 0.103. The van der Waals surface area contributed by atoms with Gasteiger partial charge in [-0.1, -0.05) is 18.2 Å². The largest absolute Gasteiger partial charge is 0.379 e. The van der Waals surface area contributed by atoms with Crippen molar-refractivity contribution >= 4 is 43.2 Å². The molecule has 0 bridgehead atoms. The predicted molar refractivity (Wildman–Crippen MR) is 82.3 cm³/mol. The van der Waals surface area contributed by atoms with Crippen LogP contribution >= 0.6 is 31.9 Å². The first-order valence-corrected chi connectivity index (χ1v) is 7.08. The number of nitrogens with zero attached hydrogens (tertiary/aromatic N) is 1. The molecule has 0 fully saturated rings. The Morgan fingerprint density at radius 1 is 1.05 bits per heavy atom. The summed E-state index contributed by atoms with van der Waals surface area (Å²) in [4.78, 5) is 10.2. The molecule has 0 saturated carbocycles. The predicted octanol–water partition coefficient (Wildman–Crippen LogP) is 4.73.